The summed E-state index contributed by atoms with van der Waals surface area (Å²) >= 11 is 0. The first kappa shape index (κ1) is 17.6. The molecule has 1 atom stereocenters. The molecule has 0 saturated heterocycles. The SMILES string of the molecule is COC(OC)C(=O)C[C@](O)(c1ccc(C)cc1)C(F)(F)F. The van der Waals surface area contributed by atoms with Crippen LogP contribution in [-0.2, 0) is 19.9 Å². The number of hydrogen-bond acceptors (Lipinski definition) is 4. The third-order valence-corrected chi connectivity index (χ3v) is 3.12. The molecular weight excluding hydrogens is 289 g/mol. The summed E-state index contributed by atoms with van der Waals surface area (Å²) in [6.45, 7) is 1.70. The lowest BCUT2D eigenvalue weighted by atomic mass is 9.87. The van der Waals surface area contributed by atoms with Crippen LogP contribution < -0.4 is 0 Å². The van der Waals surface area contributed by atoms with Crippen LogP contribution in [0.5, 0.6) is 0 Å². The van der Waals surface area contributed by atoms with Crippen LogP contribution in [-0.4, -0.2) is 37.6 Å². The molecule has 21 heavy (non-hydrogen) atoms. The normalized spacial score (nSPS) is 15.0. The molecule has 0 amide bonds. The Morgan fingerprint density at radius 2 is 1.67 bits per heavy atom. The highest BCUT2D eigenvalue weighted by Gasteiger charge is 2.56. The molecule has 1 rings (SSSR count). The van der Waals surface area contributed by atoms with Crippen molar-refractivity contribution in [3.63, 3.8) is 0 Å². The van der Waals surface area contributed by atoms with E-state index in [-0.39, 0.29) is 0 Å². The van der Waals surface area contributed by atoms with Crippen LogP contribution in [0.25, 0.3) is 0 Å². The van der Waals surface area contributed by atoms with Crippen LogP contribution in [0.1, 0.15) is 17.5 Å². The number of Topliss-reactive ketones (excluding diaryl/α,β-unsaturated/α-hetero) is 1. The minimum atomic E-state index is -5.01. The fourth-order valence-electron chi connectivity index (χ4n) is 1.89. The smallest absolute Gasteiger partial charge is 0.376 e. The van der Waals surface area contributed by atoms with Gasteiger partial charge in [-0.05, 0) is 12.5 Å². The van der Waals surface area contributed by atoms with Gasteiger partial charge in [0.15, 0.2) is 11.4 Å². The van der Waals surface area contributed by atoms with Crippen LogP contribution in [0.3, 0.4) is 0 Å². The summed E-state index contributed by atoms with van der Waals surface area (Å²) in [6, 6.07) is 5.15. The van der Waals surface area contributed by atoms with Gasteiger partial charge in [0.05, 0.1) is 6.42 Å². The lowest BCUT2D eigenvalue weighted by molar-refractivity contribution is -0.269. The Morgan fingerprint density at radius 1 is 1.19 bits per heavy atom. The van der Waals surface area contributed by atoms with E-state index in [9.17, 15) is 23.1 Å². The highest BCUT2D eigenvalue weighted by atomic mass is 19.4. The quantitative estimate of drug-likeness (QED) is 0.820. The van der Waals surface area contributed by atoms with Gasteiger partial charge in [-0.25, -0.2) is 0 Å². The molecule has 0 aliphatic heterocycles. The summed E-state index contributed by atoms with van der Waals surface area (Å²) in [5.41, 5.74) is -2.95. The van der Waals surface area contributed by atoms with Gasteiger partial charge < -0.3 is 14.6 Å². The highest BCUT2D eigenvalue weighted by molar-refractivity contribution is 5.83. The lowest BCUT2D eigenvalue weighted by Crippen LogP contribution is -2.46. The summed E-state index contributed by atoms with van der Waals surface area (Å²) in [7, 11) is 2.26. The van der Waals surface area contributed by atoms with Gasteiger partial charge in [-0.15, -0.1) is 0 Å². The second-order valence-corrected chi connectivity index (χ2v) is 4.67. The largest absolute Gasteiger partial charge is 0.421 e. The molecule has 1 aromatic rings. The van der Waals surface area contributed by atoms with E-state index >= 15 is 0 Å². The summed E-state index contributed by atoms with van der Waals surface area (Å²) in [5.74, 6) is -1.000. The monoisotopic (exact) mass is 306 g/mol. The number of hydrogen-bond donors (Lipinski definition) is 1. The number of rotatable bonds is 6. The number of halogens is 3. The number of carbonyl (C=O) groups excluding carboxylic acids is 1. The molecule has 0 unspecified atom stereocenters. The minimum Gasteiger partial charge on any atom is -0.376 e. The number of carbonyl (C=O) groups is 1. The topological polar surface area (TPSA) is 55.8 Å². The Labute approximate surface area is 120 Å². The molecule has 0 fully saturated rings. The second kappa shape index (κ2) is 6.55. The average Bonchev–Trinajstić information content (AvgIpc) is 2.39. The minimum absolute atomic E-state index is 0.403. The van der Waals surface area contributed by atoms with E-state index in [0.29, 0.717) is 0 Å². The third-order valence-electron chi connectivity index (χ3n) is 3.12. The Bertz CT molecular complexity index is 480. The maximum absolute atomic E-state index is 13.2. The van der Waals surface area contributed by atoms with Crippen LogP contribution >= 0.6 is 0 Å². The van der Waals surface area contributed by atoms with Crippen molar-refractivity contribution in [2.24, 2.45) is 0 Å². The molecule has 4 nitrogen and oxygen atoms in total. The van der Waals surface area contributed by atoms with Crippen LogP contribution in [0.4, 0.5) is 13.2 Å². The first-order chi connectivity index (χ1) is 9.65. The Morgan fingerprint density at radius 3 is 2.05 bits per heavy atom. The molecule has 0 saturated carbocycles. The second-order valence-electron chi connectivity index (χ2n) is 4.67. The van der Waals surface area contributed by atoms with Crippen molar-refractivity contribution in [2.45, 2.75) is 31.4 Å². The Kier molecular flexibility index (Phi) is 5.49. The lowest BCUT2D eigenvalue weighted by Gasteiger charge is -2.31. The summed E-state index contributed by atoms with van der Waals surface area (Å²) < 4.78 is 49.0. The first-order valence-corrected chi connectivity index (χ1v) is 6.10. The molecule has 0 bridgehead atoms. The van der Waals surface area contributed by atoms with E-state index in [2.05, 4.69) is 9.47 Å². The van der Waals surface area contributed by atoms with Gasteiger partial charge >= 0.3 is 6.18 Å². The molecular formula is C14H17F3O4. The zero-order valence-corrected chi connectivity index (χ0v) is 11.9. The molecule has 0 aromatic heterocycles. The number of ether oxygens (including phenoxy) is 2. The van der Waals surface area contributed by atoms with Gasteiger partial charge in [-0.1, -0.05) is 29.8 Å². The molecule has 7 heteroatoms. The van der Waals surface area contributed by atoms with Crippen LogP contribution in [0.15, 0.2) is 24.3 Å². The van der Waals surface area contributed by atoms with E-state index in [4.69, 9.17) is 0 Å². The van der Waals surface area contributed by atoms with Gasteiger partial charge in [-0.3, -0.25) is 4.79 Å². The van der Waals surface area contributed by atoms with E-state index in [1.54, 1.807) is 6.92 Å². The van der Waals surface area contributed by atoms with Gasteiger partial charge in [0, 0.05) is 14.2 Å². The van der Waals surface area contributed by atoms with Crippen LogP contribution in [0.2, 0.25) is 0 Å². The number of aliphatic hydroxyl groups is 1. The van der Waals surface area contributed by atoms with Gasteiger partial charge in [0.25, 0.3) is 0 Å². The fourth-order valence-corrected chi connectivity index (χ4v) is 1.89. The molecule has 0 spiro atoms. The van der Waals surface area contributed by atoms with E-state index in [0.717, 1.165) is 31.9 Å². The van der Waals surface area contributed by atoms with Crippen molar-refractivity contribution in [3.05, 3.63) is 35.4 Å². The van der Waals surface area contributed by atoms with Crippen molar-refractivity contribution >= 4 is 5.78 Å². The van der Waals surface area contributed by atoms with Gasteiger partial charge in [-0.2, -0.15) is 13.2 Å². The fraction of sp³-hybridized carbons (Fsp3) is 0.500. The molecule has 1 N–H and O–H groups in total. The summed E-state index contributed by atoms with van der Waals surface area (Å²) in [5, 5.41) is 10.1. The van der Waals surface area contributed by atoms with Gasteiger partial charge in [0.1, 0.15) is 0 Å². The number of aryl methyl sites for hydroxylation is 1. The molecule has 0 aliphatic rings. The third kappa shape index (κ3) is 3.81. The molecule has 1 aromatic carbocycles. The van der Waals surface area contributed by atoms with Crippen molar-refractivity contribution in [2.75, 3.05) is 14.2 Å². The standard InChI is InChI=1S/C14H17F3O4/c1-9-4-6-10(7-5-9)13(19,14(15,16)17)8-11(18)12(20-2)21-3/h4-7,12,19H,8H2,1-3H3/t13-/m0/s1. The first-order valence-electron chi connectivity index (χ1n) is 6.10. The van der Waals surface area contributed by atoms with Crippen molar-refractivity contribution < 1.29 is 32.5 Å². The molecule has 0 aliphatic carbocycles. The number of alkyl halides is 3. The van der Waals surface area contributed by atoms with E-state index < -0.39 is 35.8 Å². The maximum Gasteiger partial charge on any atom is 0.421 e. The summed E-state index contributed by atoms with van der Waals surface area (Å²) in [4.78, 5) is 11.8. The molecule has 118 valence electrons. The average molecular weight is 306 g/mol. The van der Waals surface area contributed by atoms with Crippen molar-refractivity contribution in [3.8, 4) is 0 Å². The number of methoxy groups -OCH3 is 2. The summed E-state index contributed by atoms with van der Waals surface area (Å²) in [6.07, 6.45) is -7.65. The van der Waals surface area contributed by atoms with Crippen molar-refractivity contribution in [1.82, 2.24) is 0 Å². The van der Waals surface area contributed by atoms with E-state index in [1.807, 2.05) is 0 Å². The molecule has 0 radical (unpaired) electrons. The Hall–Kier alpha value is -1.44. The number of benzene rings is 1. The van der Waals surface area contributed by atoms with E-state index in [1.165, 1.54) is 12.1 Å². The van der Waals surface area contributed by atoms with Gasteiger partial charge in [0.2, 0.25) is 6.29 Å². The van der Waals surface area contributed by atoms with Crippen LogP contribution in [0, 0.1) is 6.92 Å². The number of ketones is 1. The maximum atomic E-state index is 13.2. The van der Waals surface area contributed by atoms with Crippen molar-refractivity contribution in [1.29, 1.82) is 0 Å². The predicted octanol–water partition coefficient (Wildman–Crippen LogP) is 2.32. The zero-order valence-electron chi connectivity index (χ0n) is 11.9. The zero-order chi connectivity index (χ0) is 16.3. The highest BCUT2D eigenvalue weighted by Crippen LogP contribution is 2.42. The molecule has 0 heterocycles. The Balaban J connectivity index is 3.17. The predicted molar refractivity (Wildman–Crippen MR) is 68.6 cm³/mol.